The van der Waals surface area contributed by atoms with E-state index >= 15 is 0 Å². The molecule has 1 aliphatic heterocycles. The molecular weight excluding hydrogens is 312 g/mol. The number of nitrogens with one attached hydrogen (secondary N) is 1. The maximum absolute atomic E-state index is 12.8. The summed E-state index contributed by atoms with van der Waals surface area (Å²) in [6.07, 6.45) is 7.59. The van der Waals surface area contributed by atoms with Crippen LogP contribution in [0.15, 0.2) is 36.7 Å². The van der Waals surface area contributed by atoms with E-state index in [1.54, 1.807) is 6.20 Å². The second-order valence-corrected chi connectivity index (χ2v) is 7.18. The highest BCUT2D eigenvalue weighted by molar-refractivity contribution is 5.77. The third-order valence-electron chi connectivity index (χ3n) is 5.55. The quantitative estimate of drug-likeness (QED) is 0.932. The molecule has 1 unspecified atom stereocenters. The van der Waals surface area contributed by atoms with E-state index in [1.807, 2.05) is 6.20 Å². The minimum atomic E-state index is 0.321. The number of fused-ring (bicyclic) bond motifs is 1. The number of hydrogen-bond donors (Lipinski definition) is 1. The van der Waals surface area contributed by atoms with Gasteiger partial charge in [0.15, 0.2) is 0 Å². The first-order valence-electron chi connectivity index (χ1n) is 9.36. The van der Waals surface area contributed by atoms with Gasteiger partial charge < -0.3 is 9.88 Å². The Hall–Kier alpha value is -2.14. The summed E-state index contributed by atoms with van der Waals surface area (Å²) in [6, 6.07) is 8.61. The Labute approximate surface area is 149 Å². The Kier molecular flexibility index (Phi) is 4.83. The third-order valence-corrected chi connectivity index (χ3v) is 5.55. The molecule has 5 nitrogen and oxygen atoms in total. The molecule has 1 amide bonds. The zero-order chi connectivity index (χ0) is 17.1. The molecule has 2 aromatic rings. The molecule has 0 radical (unpaired) electrons. The Morgan fingerprint density at radius 2 is 2.12 bits per heavy atom. The van der Waals surface area contributed by atoms with Crippen molar-refractivity contribution in [1.82, 2.24) is 19.8 Å². The van der Waals surface area contributed by atoms with Crippen LogP contribution in [0.25, 0.3) is 0 Å². The van der Waals surface area contributed by atoms with Crippen molar-refractivity contribution in [3.8, 4) is 0 Å². The van der Waals surface area contributed by atoms with Crippen molar-refractivity contribution >= 4 is 5.91 Å². The summed E-state index contributed by atoms with van der Waals surface area (Å²) in [7, 11) is 0. The lowest BCUT2D eigenvalue weighted by atomic mass is 9.97. The van der Waals surface area contributed by atoms with E-state index in [-0.39, 0.29) is 0 Å². The molecule has 0 saturated carbocycles. The van der Waals surface area contributed by atoms with Crippen LogP contribution in [0, 0.1) is 0 Å². The van der Waals surface area contributed by atoms with E-state index in [0.717, 1.165) is 57.8 Å². The van der Waals surface area contributed by atoms with Crippen LogP contribution in [0.3, 0.4) is 0 Å². The molecule has 1 atom stereocenters. The fourth-order valence-corrected chi connectivity index (χ4v) is 4.17. The first kappa shape index (κ1) is 16.3. The molecule has 5 heteroatoms. The Balaban J connectivity index is 1.32. The van der Waals surface area contributed by atoms with Gasteiger partial charge in [0.05, 0.1) is 6.54 Å². The number of amides is 1. The molecule has 0 spiro atoms. The number of carbonyl (C=O) groups is 1. The Bertz CT molecular complexity index is 712. The molecular formula is C20H26N4O. The van der Waals surface area contributed by atoms with E-state index in [2.05, 4.69) is 44.0 Å². The van der Waals surface area contributed by atoms with Crippen molar-refractivity contribution in [2.24, 2.45) is 0 Å². The molecule has 1 fully saturated rings. The van der Waals surface area contributed by atoms with Crippen molar-refractivity contribution in [2.75, 3.05) is 26.2 Å². The number of aromatic nitrogens is 2. The molecule has 2 aliphatic rings. The Morgan fingerprint density at radius 1 is 1.20 bits per heavy atom. The number of aryl methyl sites for hydroxylation is 1. The van der Waals surface area contributed by atoms with E-state index in [0.29, 0.717) is 18.2 Å². The van der Waals surface area contributed by atoms with Gasteiger partial charge in [0, 0.05) is 45.0 Å². The smallest absolute Gasteiger partial charge is 0.223 e. The molecule has 132 valence electrons. The summed E-state index contributed by atoms with van der Waals surface area (Å²) in [4.78, 5) is 24.8. The van der Waals surface area contributed by atoms with Gasteiger partial charge in [0.25, 0.3) is 0 Å². The van der Waals surface area contributed by atoms with Crippen molar-refractivity contribution in [3.05, 3.63) is 53.6 Å². The third kappa shape index (κ3) is 3.76. The standard InChI is InChI=1S/C20H26N4O/c25-20(14-17-7-6-16-4-1-2-5-18(16)17)24-11-3-10-23(12-13-24)15-19-21-8-9-22-19/h1-2,4-5,8-9,17H,3,6-7,10-15H2,(H,21,22). The van der Waals surface area contributed by atoms with Crippen LogP contribution in [0.2, 0.25) is 0 Å². The van der Waals surface area contributed by atoms with Crippen molar-refractivity contribution < 1.29 is 4.79 Å². The van der Waals surface area contributed by atoms with E-state index < -0.39 is 0 Å². The van der Waals surface area contributed by atoms with E-state index in [9.17, 15) is 4.79 Å². The van der Waals surface area contributed by atoms with Crippen LogP contribution < -0.4 is 0 Å². The molecule has 1 N–H and O–H groups in total. The highest BCUT2D eigenvalue weighted by Gasteiger charge is 2.27. The van der Waals surface area contributed by atoms with Gasteiger partial charge in [0.1, 0.15) is 5.82 Å². The minimum absolute atomic E-state index is 0.321. The van der Waals surface area contributed by atoms with Crippen LogP contribution >= 0.6 is 0 Å². The number of rotatable bonds is 4. The van der Waals surface area contributed by atoms with Crippen LogP contribution in [-0.4, -0.2) is 51.9 Å². The minimum Gasteiger partial charge on any atom is -0.348 e. The van der Waals surface area contributed by atoms with Crippen molar-refractivity contribution in [1.29, 1.82) is 0 Å². The average Bonchev–Trinajstić information content (AvgIpc) is 3.21. The van der Waals surface area contributed by atoms with Crippen LogP contribution in [0.1, 0.15) is 42.1 Å². The monoisotopic (exact) mass is 338 g/mol. The molecule has 2 heterocycles. The highest BCUT2D eigenvalue weighted by atomic mass is 16.2. The van der Waals surface area contributed by atoms with Crippen LogP contribution in [0.4, 0.5) is 0 Å². The van der Waals surface area contributed by atoms with Gasteiger partial charge in [-0.15, -0.1) is 0 Å². The van der Waals surface area contributed by atoms with Gasteiger partial charge in [-0.1, -0.05) is 24.3 Å². The zero-order valence-electron chi connectivity index (χ0n) is 14.7. The highest BCUT2D eigenvalue weighted by Crippen LogP contribution is 2.35. The largest absolute Gasteiger partial charge is 0.348 e. The molecule has 1 aromatic heterocycles. The predicted molar refractivity (Wildman–Crippen MR) is 97.2 cm³/mol. The molecule has 25 heavy (non-hydrogen) atoms. The lowest BCUT2D eigenvalue weighted by Gasteiger charge is -2.23. The lowest BCUT2D eigenvalue weighted by molar-refractivity contribution is -0.131. The lowest BCUT2D eigenvalue weighted by Crippen LogP contribution is -2.35. The average molecular weight is 338 g/mol. The van der Waals surface area contributed by atoms with Gasteiger partial charge in [-0.3, -0.25) is 9.69 Å². The van der Waals surface area contributed by atoms with Crippen molar-refractivity contribution in [3.63, 3.8) is 0 Å². The summed E-state index contributed by atoms with van der Waals surface area (Å²) >= 11 is 0. The maximum atomic E-state index is 12.8. The number of aromatic amines is 1. The number of benzene rings is 1. The van der Waals surface area contributed by atoms with Gasteiger partial charge in [-0.2, -0.15) is 0 Å². The summed E-state index contributed by atoms with van der Waals surface area (Å²) in [6.45, 7) is 4.49. The van der Waals surface area contributed by atoms with Gasteiger partial charge in [0.2, 0.25) is 5.91 Å². The molecule has 1 aliphatic carbocycles. The fourth-order valence-electron chi connectivity index (χ4n) is 4.17. The first-order chi connectivity index (χ1) is 12.3. The summed E-state index contributed by atoms with van der Waals surface area (Å²) < 4.78 is 0. The number of hydrogen-bond acceptors (Lipinski definition) is 3. The summed E-state index contributed by atoms with van der Waals surface area (Å²) in [5, 5.41) is 0. The molecule has 4 rings (SSSR count). The summed E-state index contributed by atoms with van der Waals surface area (Å²) in [5.74, 6) is 1.73. The SMILES string of the molecule is O=C(CC1CCc2ccccc21)N1CCCN(Cc2ncc[nH]2)CC1. The zero-order valence-corrected chi connectivity index (χ0v) is 14.7. The number of H-pyrrole nitrogens is 1. The molecule has 1 aromatic carbocycles. The Morgan fingerprint density at radius 3 is 3.00 bits per heavy atom. The second kappa shape index (κ2) is 7.40. The van der Waals surface area contributed by atoms with Gasteiger partial charge in [-0.05, 0) is 36.3 Å². The van der Waals surface area contributed by atoms with Crippen LogP contribution in [-0.2, 0) is 17.8 Å². The fraction of sp³-hybridized carbons (Fsp3) is 0.500. The van der Waals surface area contributed by atoms with Crippen LogP contribution in [0.5, 0.6) is 0 Å². The normalized spacial score (nSPS) is 21.1. The number of carbonyl (C=O) groups excluding carboxylic acids is 1. The maximum Gasteiger partial charge on any atom is 0.223 e. The first-order valence-corrected chi connectivity index (χ1v) is 9.36. The number of imidazole rings is 1. The van der Waals surface area contributed by atoms with E-state index in [1.165, 1.54) is 11.1 Å². The molecule has 0 bridgehead atoms. The van der Waals surface area contributed by atoms with E-state index in [4.69, 9.17) is 0 Å². The van der Waals surface area contributed by atoms with Gasteiger partial charge in [-0.25, -0.2) is 4.98 Å². The van der Waals surface area contributed by atoms with Crippen molar-refractivity contribution in [2.45, 2.75) is 38.1 Å². The number of nitrogens with zero attached hydrogens (tertiary/aromatic N) is 3. The topological polar surface area (TPSA) is 52.2 Å². The second-order valence-electron chi connectivity index (χ2n) is 7.18. The van der Waals surface area contributed by atoms with Gasteiger partial charge >= 0.3 is 0 Å². The summed E-state index contributed by atoms with van der Waals surface area (Å²) in [5.41, 5.74) is 2.82. The predicted octanol–water partition coefficient (Wildman–Crippen LogP) is 2.56. The molecule has 1 saturated heterocycles.